The van der Waals surface area contributed by atoms with Crippen molar-refractivity contribution >= 4 is 5.91 Å². The van der Waals surface area contributed by atoms with Crippen LogP contribution in [0.25, 0.3) is 0 Å². The molecule has 0 radical (unpaired) electrons. The zero-order valence-corrected chi connectivity index (χ0v) is 15.8. The van der Waals surface area contributed by atoms with Gasteiger partial charge in [0, 0.05) is 51.8 Å². The fraction of sp³-hybridized carbons (Fsp3) is 0.650. The summed E-state index contributed by atoms with van der Waals surface area (Å²) in [6.45, 7) is 10.8. The molecule has 1 atom stereocenters. The van der Waals surface area contributed by atoms with Gasteiger partial charge in [-0.05, 0) is 12.0 Å². The van der Waals surface area contributed by atoms with E-state index in [1.54, 1.807) is 13.0 Å². The molecule has 4 nitrogen and oxygen atoms in total. The van der Waals surface area contributed by atoms with Crippen molar-refractivity contribution in [2.24, 2.45) is 5.92 Å². The second-order valence-electron chi connectivity index (χ2n) is 6.93. The molecule has 140 valence electrons. The van der Waals surface area contributed by atoms with E-state index in [0.717, 1.165) is 45.6 Å². The third-order valence-electron chi connectivity index (χ3n) is 5.33. The van der Waals surface area contributed by atoms with Crippen LogP contribution in [0, 0.1) is 11.7 Å². The van der Waals surface area contributed by atoms with Crippen LogP contribution in [0.1, 0.15) is 45.2 Å². The highest BCUT2D eigenvalue weighted by atomic mass is 19.1. The van der Waals surface area contributed by atoms with Gasteiger partial charge in [0.15, 0.2) is 0 Å². The molecule has 1 N–H and O–H groups in total. The fourth-order valence-corrected chi connectivity index (χ4v) is 3.55. The number of hydrogen-bond donors (Lipinski definition) is 1. The van der Waals surface area contributed by atoms with Crippen LogP contribution in [0.15, 0.2) is 24.3 Å². The average Bonchev–Trinajstić information content (AvgIpc) is 2.63. The van der Waals surface area contributed by atoms with Gasteiger partial charge in [-0.25, -0.2) is 4.39 Å². The van der Waals surface area contributed by atoms with Crippen LogP contribution in [0.3, 0.4) is 0 Å². The molecule has 25 heavy (non-hydrogen) atoms. The van der Waals surface area contributed by atoms with Crippen molar-refractivity contribution in [2.75, 3.05) is 39.3 Å². The lowest BCUT2D eigenvalue weighted by Crippen LogP contribution is -2.49. The van der Waals surface area contributed by atoms with Gasteiger partial charge in [0.1, 0.15) is 5.82 Å². The van der Waals surface area contributed by atoms with Crippen LogP contribution in [0.4, 0.5) is 4.39 Å². The number of carbonyl (C=O) groups excluding carboxylic acids is 1. The highest BCUT2D eigenvalue weighted by Crippen LogP contribution is 2.26. The first kappa shape index (κ1) is 19.9. The number of benzene rings is 1. The highest BCUT2D eigenvalue weighted by molar-refractivity contribution is 5.73. The summed E-state index contributed by atoms with van der Waals surface area (Å²) < 4.78 is 14.5. The Balaban J connectivity index is 2.24. The Labute approximate surface area is 151 Å². The predicted molar refractivity (Wildman–Crippen MR) is 99.9 cm³/mol. The van der Waals surface area contributed by atoms with Crippen molar-refractivity contribution in [3.05, 3.63) is 35.6 Å². The largest absolute Gasteiger partial charge is 0.341 e. The summed E-state index contributed by atoms with van der Waals surface area (Å²) in [5, 5.41) is 3.35. The molecule has 1 fully saturated rings. The Bertz CT molecular complexity index is 541. The average molecular weight is 349 g/mol. The van der Waals surface area contributed by atoms with Gasteiger partial charge < -0.3 is 10.2 Å². The summed E-state index contributed by atoms with van der Waals surface area (Å²) in [4.78, 5) is 16.5. The van der Waals surface area contributed by atoms with Gasteiger partial charge in [0.05, 0.1) is 6.04 Å². The third kappa shape index (κ3) is 5.51. The number of hydrogen-bond acceptors (Lipinski definition) is 3. The molecule has 5 heteroatoms. The number of halogens is 1. The monoisotopic (exact) mass is 349 g/mol. The van der Waals surface area contributed by atoms with E-state index in [1.807, 2.05) is 17.0 Å². The Hall–Kier alpha value is -1.46. The van der Waals surface area contributed by atoms with Crippen molar-refractivity contribution in [3.8, 4) is 0 Å². The molecule has 0 saturated carbocycles. The summed E-state index contributed by atoms with van der Waals surface area (Å²) in [5.41, 5.74) is 0.695. The van der Waals surface area contributed by atoms with E-state index in [-0.39, 0.29) is 17.8 Å². The van der Waals surface area contributed by atoms with Gasteiger partial charge in [-0.2, -0.15) is 0 Å². The van der Waals surface area contributed by atoms with E-state index < -0.39 is 0 Å². The van der Waals surface area contributed by atoms with Crippen LogP contribution < -0.4 is 5.32 Å². The molecule has 1 aliphatic heterocycles. The van der Waals surface area contributed by atoms with Gasteiger partial charge in [0.25, 0.3) is 0 Å². The topological polar surface area (TPSA) is 35.6 Å². The molecule has 1 amide bonds. The first-order valence-electron chi connectivity index (χ1n) is 9.51. The van der Waals surface area contributed by atoms with Gasteiger partial charge >= 0.3 is 0 Å². The normalized spacial score (nSPS) is 16.8. The minimum atomic E-state index is -0.183. The van der Waals surface area contributed by atoms with Crippen molar-refractivity contribution in [1.82, 2.24) is 15.1 Å². The molecule has 0 spiro atoms. The van der Waals surface area contributed by atoms with Crippen molar-refractivity contribution in [1.29, 1.82) is 0 Å². The minimum Gasteiger partial charge on any atom is -0.341 e. The molecule has 1 unspecified atom stereocenters. The van der Waals surface area contributed by atoms with E-state index in [1.165, 1.54) is 6.07 Å². The molecular formula is C20H32FN3O. The number of nitrogens with zero attached hydrogens (tertiary/aromatic N) is 2. The Morgan fingerprint density at radius 2 is 1.84 bits per heavy atom. The first-order chi connectivity index (χ1) is 12.1. The van der Waals surface area contributed by atoms with E-state index >= 15 is 0 Å². The molecule has 2 rings (SSSR count). The fourth-order valence-electron chi connectivity index (χ4n) is 3.55. The maximum Gasteiger partial charge on any atom is 0.219 e. The Morgan fingerprint density at radius 1 is 1.20 bits per heavy atom. The molecule has 1 aliphatic rings. The van der Waals surface area contributed by atoms with E-state index in [2.05, 4.69) is 24.1 Å². The number of piperazine rings is 1. The number of amides is 1. The summed E-state index contributed by atoms with van der Waals surface area (Å²) in [5.74, 6) is 0.383. The second kappa shape index (κ2) is 9.88. The summed E-state index contributed by atoms with van der Waals surface area (Å²) in [6.07, 6.45) is 2.11. The van der Waals surface area contributed by atoms with Gasteiger partial charge in [-0.1, -0.05) is 44.9 Å². The quantitative estimate of drug-likeness (QED) is 0.783. The van der Waals surface area contributed by atoms with Crippen molar-refractivity contribution in [3.63, 3.8) is 0 Å². The van der Waals surface area contributed by atoms with E-state index in [4.69, 9.17) is 0 Å². The zero-order chi connectivity index (χ0) is 18.2. The second-order valence-corrected chi connectivity index (χ2v) is 6.93. The van der Waals surface area contributed by atoms with Crippen LogP contribution >= 0.6 is 0 Å². The predicted octanol–water partition coefficient (Wildman–Crippen LogP) is 3.06. The molecule has 1 aromatic carbocycles. The summed E-state index contributed by atoms with van der Waals surface area (Å²) >= 11 is 0. The number of nitrogens with one attached hydrogen (secondary N) is 1. The summed E-state index contributed by atoms with van der Waals surface area (Å²) in [6, 6.07) is 6.88. The van der Waals surface area contributed by atoms with Gasteiger partial charge in [-0.15, -0.1) is 0 Å². The summed E-state index contributed by atoms with van der Waals surface area (Å²) in [7, 11) is 0. The molecule has 0 aliphatic carbocycles. The maximum absolute atomic E-state index is 14.5. The van der Waals surface area contributed by atoms with Gasteiger partial charge in [-0.3, -0.25) is 9.69 Å². The molecule has 1 saturated heterocycles. The third-order valence-corrected chi connectivity index (χ3v) is 5.33. The Morgan fingerprint density at radius 3 is 2.40 bits per heavy atom. The molecule has 1 heterocycles. The first-order valence-corrected chi connectivity index (χ1v) is 9.51. The zero-order valence-electron chi connectivity index (χ0n) is 15.8. The lowest BCUT2D eigenvalue weighted by Gasteiger charge is -2.38. The highest BCUT2D eigenvalue weighted by Gasteiger charge is 2.28. The SMILES string of the molecule is CCC(CC)CN(CC(c1ccccc1F)N1CCNCC1)C(C)=O. The lowest BCUT2D eigenvalue weighted by atomic mass is 10.00. The van der Waals surface area contributed by atoms with Crippen LogP contribution in [-0.4, -0.2) is 55.0 Å². The lowest BCUT2D eigenvalue weighted by molar-refractivity contribution is -0.130. The van der Waals surface area contributed by atoms with E-state index in [9.17, 15) is 9.18 Å². The maximum atomic E-state index is 14.5. The van der Waals surface area contributed by atoms with Crippen LogP contribution in [0.2, 0.25) is 0 Å². The van der Waals surface area contributed by atoms with Crippen molar-refractivity contribution in [2.45, 2.75) is 39.7 Å². The Kier molecular flexibility index (Phi) is 7.85. The standard InChI is InChI=1S/C20H32FN3O/c1-4-17(5-2)14-24(16(3)25)15-20(23-12-10-22-11-13-23)18-8-6-7-9-19(18)21/h6-9,17,20,22H,4-5,10-15H2,1-3H3. The molecule has 0 aromatic heterocycles. The minimum absolute atomic E-state index is 0.0726. The van der Waals surface area contributed by atoms with E-state index in [0.29, 0.717) is 18.0 Å². The molecular weight excluding hydrogens is 317 g/mol. The smallest absolute Gasteiger partial charge is 0.219 e. The van der Waals surface area contributed by atoms with Crippen LogP contribution in [-0.2, 0) is 4.79 Å². The molecule has 0 bridgehead atoms. The number of carbonyl (C=O) groups is 1. The van der Waals surface area contributed by atoms with Gasteiger partial charge in [0.2, 0.25) is 5.91 Å². The van der Waals surface area contributed by atoms with Crippen LogP contribution in [0.5, 0.6) is 0 Å². The molecule has 1 aromatic rings. The number of rotatable bonds is 8. The van der Waals surface area contributed by atoms with Crippen molar-refractivity contribution < 1.29 is 9.18 Å².